The van der Waals surface area contributed by atoms with E-state index in [9.17, 15) is 4.79 Å². The summed E-state index contributed by atoms with van der Waals surface area (Å²) in [4.78, 5) is 16.3. The van der Waals surface area contributed by atoms with Crippen LogP contribution in [0.1, 0.15) is 12.5 Å². The average molecular weight is 298 g/mol. The number of hydrogen-bond acceptors (Lipinski definition) is 4. The molecule has 1 aromatic carbocycles. The zero-order valence-corrected chi connectivity index (χ0v) is 12.4. The Labute approximate surface area is 122 Å². The van der Waals surface area contributed by atoms with Crippen LogP contribution < -0.4 is 10.6 Å². The lowest BCUT2D eigenvalue weighted by atomic mass is 10.2. The quantitative estimate of drug-likeness (QED) is 0.902. The molecule has 0 spiro atoms. The molecule has 0 bridgehead atoms. The molecule has 0 radical (unpaired) electrons. The first-order valence-corrected chi connectivity index (χ1v) is 7.34. The third-order valence-corrected chi connectivity index (χ3v) is 4.21. The van der Waals surface area contributed by atoms with Gasteiger partial charge in [0, 0.05) is 17.3 Å². The minimum absolute atomic E-state index is 0.0543. The minimum atomic E-state index is -0.204. The first kappa shape index (κ1) is 14.2. The molecule has 0 fully saturated rings. The second-order valence-corrected chi connectivity index (χ2v) is 6.06. The Morgan fingerprint density at radius 1 is 1.58 bits per heavy atom. The summed E-state index contributed by atoms with van der Waals surface area (Å²) in [6.07, 6.45) is 0. The van der Waals surface area contributed by atoms with Crippen LogP contribution in [0.25, 0.3) is 0 Å². The van der Waals surface area contributed by atoms with Crippen molar-refractivity contribution in [3.05, 3.63) is 28.8 Å². The summed E-state index contributed by atoms with van der Waals surface area (Å²) in [5.41, 5.74) is 1.71. The van der Waals surface area contributed by atoms with E-state index >= 15 is 0 Å². The van der Waals surface area contributed by atoms with Crippen LogP contribution in [0.15, 0.2) is 23.2 Å². The van der Waals surface area contributed by atoms with Crippen molar-refractivity contribution in [2.75, 3.05) is 18.4 Å². The van der Waals surface area contributed by atoms with Crippen molar-refractivity contribution in [3.63, 3.8) is 0 Å². The van der Waals surface area contributed by atoms with E-state index in [4.69, 9.17) is 11.6 Å². The lowest BCUT2D eigenvalue weighted by Gasteiger charge is -2.12. The molecule has 6 heteroatoms. The summed E-state index contributed by atoms with van der Waals surface area (Å²) in [5.74, 6) is -0.0543. The molecule has 0 aliphatic carbocycles. The van der Waals surface area contributed by atoms with Gasteiger partial charge >= 0.3 is 0 Å². The van der Waals surface area contributed by atoms with Crippen molar-refractivity contribution in [3.8, 4) is 0 Å². The topological polar surface area (TPSA) is 53.5 Å². The number of amidine groups is 1. The van der Waals surface area contributed by atoms with Gasteiger partial charge in [-0.25, -0.2) is 0 Å². The molecule has 0 unspecified atom stereocenters. The molecular weight excluding hydrogens is 282 g/mol. The number of hydrogen-bond donors (Lipinski definition) is 2. The van der Waals surface area contributed by atoms with Gasteiger partial charge in [-0.2, -0.15) is 0 Å². The Kier molecular flexibility index (Phi) is 4.71. The third kappa shape index (κ3) is 3.88. The summed E-state index contributed by atoms with van der Waals surface area (Å²) >= 11 is 7.46. The van der Waals surface area contributed by atoms with E-state index in [0.29, 0.717) is 5.02 Å². The highest BCUT2D eigenvalue weighted by Gasteiger charge is 2.18. The maximum absolute atomic E-state index is 12.0. The predicted molar refractivity (Wildman–Crippen MR) is 82.2 cm³/mol. The first-order valence-electron chi connectivity index (χ1n) is 6.08. The van der Waals surface area contributed by atoms with Crippen LogP contribution >= 0.6 is 23.4 Å². The molecule has 102 valence electrons. The normalized spacial score (nSPS) is 15.6. The number of carbonyl (C=O) groups is 1. The summed E-state index contributed by atoms with van der Waals surface area (Å²) in [5, 5.41) is 7.28. The van der Waals surface area contributed by atoms with Crippen LogP contribution in [0.4, 0.5) is 5.69 Å². The highest BCUT2D eigenvalue weighted by Crippen LogP contribution is 2.21. The number of anilines is 1. The van der Waals surface area contributed by atoms with Gasteiger partial charge in [-0.1, -0.05) is 29.4 Å². The molecule has 4 nitrogen and oxygen atoms in total. The maximum Gasteiger partial charge on any atom is 0.237 e. The van der Waals surface area contributed by atoms with Crippen molar-refractivity contribution < 1.29 is 4.79 Å². The Hall–Kier alpha value is -1.20. The van der Waals surface area contributed by atoms with Gasteiger partial charge < -0.3 is 10.6 Å². The molecule has 1 amide bonds. The fourth-order valence-electron chi connectivity index (χ4n) is 1.59. The Balaban J connectivity index is 1.94. The molecule has 19 heavy (non-hydrogen) atoms. The lowest BCUT2D eigenvalue weighted by Crippen LogP contribution is -2.26. The number of amides is 1. The van der Waals surface area contributed by atoms with E-state index in [-0.39, 0.29) is 11.2 Å². The predicted octanol–water partition coefficient (Wildman–Crippen LogP) is 2.67. The fourth-order valence-corrected chi connectivity index (χ4v) is 2.62. The SMILES string of the molecule is Cc1ccc(NC(=O)[C@H](C)SC2=NCCN2)cc1Cl. The molecular formula is C13H16ClN3OS. The summed E-state index contributed by atoms with van der Waals surface area (Å²) in [7, 11) is 0. The molecule has 1 aliphatic rings. The monoisotopic (exact) mass is 297 g/mol. The van der Waals surface area contributed by atoms with Crippen LogP contribution in [0.3, 0.4) is 0 Å². The molecule has 0 saturated heterocycles. The molecule has 1 aliphatic heterocycles. The molecule has 0 saturated carbocycles. The summed E-state index contributed by atoms with van der Waals surface area (Å²) in [6.45, 7) is 5.42. The summed E-state index contributed by atoms with van der Waals surface area (Å²) < 4.78 is 0. The second-order valence-electron chi connectivity index (χ2n) is 4.33. The fraction of sp³-hybridized carbons (Fsp3) is 0.385. The van der Waals surface area contributed by atoms with E-state index < -0.39 is 0 Å². The number of nitrogens with one attached hydrogen (secondary N) is 2. The first-order chi connectivity index (χ1) is 9.06. The zero-order valence-electron chi connectivity index (χ0n) is 10.9. The molecule has 2 N–H and O–H groups in total. The zero-order chi connectivity index (χ0) is 13.8. The molecule has 1 atom stereocenters. The average Bonchev–Trinajstić information content (AvgIpc) is 2.86. The Bertz CT molecular complexity index is 519. The number of thioether (sulfide) groups is 1. The molecule has 1 heterocycles. The number of aryl methyl sites for hydroxylation is 1. The van der Waals surface area contributed by atoms with Crippen molar-refractivity contribution in [1.29, 1.82) is 0 Å². The standard InChI is InChI=1S/C13H16ClN3OS/c1-8-3-4-10(7-11(8)14)17-12(18)9(2)19-13-15-5-6-16-13/h3-4,7,9H,5-6H2,1-2H3,(H,15,16)(H,17,18)/t9-/m0/s1. The van der Waals surface area contributed by atoms with Crippen molar-refractivity contribution in [1.82, 2.24) is 5.32 Å². The Morgan fingerprint density at radius 3 is 3.00 bits per heavy atom. The van der Waals surface area contributed by atoms with E-state index in [1.165, 1.54) is 11.8 Å². The van der Waals surface area contributed by atoms with Crippen LogP contribution in [-0.2, 0) is 4.79 Å². The number of benzene rings is 1. The molecule has 1 aromatic rings. The van der Waals surface area contributed by atoms with Crippen molar-refractivity contribution >= 4 is 40.1 Å². The van der Waals surface area contributed by atoms with Gasteiger partial charge in [0.15, 0.2) is 5.17 Å². The number of halogens is 1. The number of rotatable bonds is 3. The lowest BCUT2D eigenvalue weighted by molar-refractivity contribution is -0.115. The van der Waals surface area contributed by atoms with Crippen LogP contribution in [0.5, 0.6) is 0 Å². The van der Waals surface area contributed by atoms with Crippen molar-refractivity contribution in [2.24, 2.45) is 4.99 Å². The van der Waals surface area contributed by atoms with Crippen LogP contribution in [0.2, 0.25) is 5.02 Å². The van der Waals surface area contributed by atoms with Gasteiger partial charge in [0.1, 0.15) is 0 Å². The number of carbonyl (C=O) groups excluding carboxylic acids is 1. The van der Waals surface area contributed by atoms with Gasteiger partial charge in [-0.15, -0.1) is 0 Å². The highest BCUT2D eigenvalue weighted by molar-refractivity contribution is 8.14. The number of nitrogens with zero attached hydrogens (tertiary/aromatic N) is 1. The van der Waals surface area contributed by atoms with Gasteiger partial charge in [0.2, 0.25) is 5.91 Å². The second kappa shape index (κ2) is 6.30. The Morgan fingerprint density at radius 2 is 2.37 bits per heavy atom. The van der Waals surface area contributed by atoms with Crippen LogP contribution in [0, 0.1) is 6.92 Å². The highest BCUT2D eigenvalue weighted by atomic mass is 35.5. The number of aliphatic imine (C=N–C) groups is 1. The van der Waals surface area contributed by atoms with E-state index in [0.717, 1.165) is 29.5 Å². The summed E-state index contributed by atoms with van der Waals surface area (Å²) in [6, 6.07) is 5.50. The largest absolute Gasteiger partial charge is 0.363 e. The molecule has 2 rings (SSSR count). The van der Waals surface area contributed by atoms with E-state index in [1.807, 2.05) is 26.0 Å². The van der Waals surface area contributed by atoms with Crippen LogP contribution in [-0.4, -0.2) is 29.4 Å². The van der Waals surface area contributed by atoms with Crippen molar-refractivity contribution in [2.45, 2.75) is 19.1 Å². The third-order valence-electron chi connectivity index (χ3n) is 2.74. The smallest absolute Gasteiger partial charge is 0.237 e. The van der Waals surface area contributed by atoms with E-state index in [2.05, 4.69) is 15.6 Å². The van der Waals surface area contributed by atoms with Gasteiger partial charge in [-0.3, -0.25) is 9.79 Å². The van der Waals surface area contributed by atoms with Gasteiger partial charge in [0.25, 0.3) is 0 Å². The minimum Gasteiger partial charge on any atom is -0.363 e. The molecule has 0 aromatic heterocycles. The van der Waals surface area contributed by atoms with E-state index in [1.54, 1.807) is 6.07 Å². The van der Waals surface area contributed by atoms with Gasteiger partial charge in [-0.05, 0) is 31.5 Å². The van der Waals surface area contributed by atoms with Gasteiger partial charge in [0.05, 0.1) is 11.8 Å². The maximum atomic E-state index is 12.0.